The van der Waals surface area contributed by atoms with Crippen molar-refractivity contribution >= 4 is 0 Å². The van der Waals surface area contributed by atoms with Crippen LogP contribution in [0.5, 0.6) is 0 Å². The maximum absolute atomic E-state index is 12.2. The Kier molecular flexibility index (Phi) is 6.14. The third-order valence-electron chi connectivity index (χ3n) is 6.80. The van der Waals surface area contributed by atoms with Crippen LogP contribution in [0, 0.1) is 5.41 Å². The molecule has 1 N–H and O–H groups in total. The molecule has 0 radical (unpaired) electrons. The van der Waals surface area contributed by atoms with Crippen molar-refractivity contribution in [2.75, 3.05) is 13.1 Å². The molecule has 0 aromatic carbocycles. The molecule has 1 saturated carbocycles. The fourth-order valence-electron chi connectivity index (χ4n) is 5.18. The zero-order valence-electron chi connectivity index (χ0n) is 17.9. The number of aromatic nitrogens is 3. The lowest BCUT2D eigenvalue weighted by Gasteiger charge is -2.44. The van der Waals surface area contributed by atoms with E-state index in [1.165, 1.54) is 25.7 Å². The quantitative estimate of drug-likeness (QED) is 0.829. The summed E-state index contributed by atoms with van der Waals surface area (Å²) in [5.74, 6) is 1.19. The Morgan fingerprint density at radius 3 is 2.72 bits per heavy atom. The van der Waals surface area contributed by atoms with Crippen LogP contribution in [-0.2, 0) is 12.8 Å². The number of nitrogens with one attached hydrogen (secondary N) is 1. The number of likely N-dealkylation sites (tertiary alicyclic amines) is 1. The summed E-state index contributed by atoms with van der Waals surface area (Å²) in [6.07, 6.45) is 10.9. The number of hydrogen-bond donors (Lipinski definition) is 1. The average Bonchev–Trinajstić information content (AvgIpc) is 2.72. The van der Waals surface area contributed by atoms with E-state index in [4.69, 9.17) is 4.98 Å². The van der Waals surface area contributed by atoms with E-state index in [0.717, 1.165) is 62.0 Å². The van der Waals surface area contributed by atoms with Gasteiger partial charge in [-0.3, -0.25) is 9.78 Å². The Labute approximate surface area is 174 Å². The highest BCUT2D eigenvalue weighted by Gasteiger charge is 2.33. The predicted octanol–water partition coefficient (Wildman–Crippen LogP) is 4.10. The fourth-order valence-corrected chi connectivity index (χ4v) is 5.18. The minimum atomic E-state index is -0.0255. The van der Waals surface area contributed by atoms with E-state index in [1.807, 2.05) is 24.4 Å². The molecular formula is C24H34N4O. The van der Waals surface area contributed by atoms with Gasteiger partial charge >= 0.3 is 0 Å². The fraction of sp³-hybridized carbons (Fsp3) is 0.625. The maximum atomic E-state index is 12.2. The summed E-state index contributed by atoms with van der Waals surface area (Å²) < 4.78 is 0. The monoisotopic (exact) mass is 394 g/mol. The van der Waals surface area contributed by atoms with Crippen LogP contribution in [0.3, 0.4) is 0 Å². The van der Waals surface area contributed by atoms with Crippen LogP contribution < -0.4 is 5.56 Å². The molecular weight excluding hydrogens is 360 g/mol. The number of hydrogen-bond acceptors (Lipinski definition) is 4. The number of aromatic amines is 1. The Hall–Kier alpha value is -2.01. The summed E-state index contributed by atoms with van der Waals surface area (Å²) >= 11 is 0. The summed E-state index contributed by atoms with van der Waals surface area (Å²) in [4.78, 5) is 27.0. The normalized spacial score (nSPS) is 23.2. The van der Waals surface area contributed by atoms with Crippen LogP contribution in [0.1, 0.15) is 75.5 Å². The second kappa shape index (κ2) is 8.78. The smallest absolute Gasteiger partial charge is 0.251 e. The van der Waals surface area contributed by atoms with E-state index < -0.39 is 0 Å². The highest BCUT2D eigenvalue weighted by Crippen LogP contribution is 2.39. The van der Waals surface area contributed by atoms with E-state index in [1.54, 1.807) is 6.07 Å². The second-order valence-electron chi connectivity index (χ2n) is 9.66. The molecule has 29 heavy (non-hydrogen) atoms. The molecule has 5 nitrogen and oxygen atoms in total. The van der Waals surface area contributed by atoms with E-state index >= 15 is 0 Å². The van der Waals surface area contributed by atoms with Gasteiger partial charge in [-0.05, 0) is 69.2 Å². The summed E-state index contributed by atoms with van der Waals surface area (Å²) in [6.45, 7) is 7.09. The van der Waals surface area contributed by atoms with Crippen molar-refractivity contribution in [3.8, 4) is 0 Å². The molecule has 1 aliphatic carbocycles. The van der Waals surface area contributed by atoms with Crippen LogP contribution in [0.2, 0.25) is 0 Å². The average molecular weight is 395 g/mol. The summed E-state index contributed by atoms with van der Waals surface area (Å²) in [6, 6.07) is 8.39. The molecule has 2 fully saturated rings. The molecule has 0 bridgehead atoms. The highest BCUT2D eigenvalue weighted by molar-refractivity contribution is 5.12. The van der Waals surface area contributed by atoms with Gasteiger partial charge in [-0.15, -0.1) is 0 Å². The van der Waals surface area contributed by atoms with Gasteiger partial charge in [0, 0.05) is 36.3 Å². The summed E-state index contributed by atoms with van der Waals surface area (Å²) in [7, 11) is 0. The van der Waals surface area contributed by atoms with Gasteiger partial charge in [-0.2, -0.15) is 0 Å². The predicted molar refractivity (Wildman–Crippen MR) is 116 cm³/mol. The molecule has 4 rings (SSSR count). The van der Waals surface area contributed by atoms with Gasteiger partial charge in [0.1, 0.15) is 5.82 Å². The highest BCUT2D eigenvalue weighted by atomic mass is 16.1. The van der Waals surface area contributed by atoms with Crippen molar-refractivity contribution in [2.45, 2.75) is 77.2 Å². The largest absolute Gasteiger partial charge is 0.311 e. The Morgan fingerprint density at radius 1 is 1.17 bits per heavy atom. The van der Waals surface area contributed by atoms with Crippen LogP contribution in [0.25, 0.3) is 0 Å². The van der Waals surface area contributed by atoms with Gasteiger partial charge in [-0.25, -0.2) is 4.98 Å². The van der Waals surface area contributed by atoms with Crippen LogP contribution in [0.4, 0.5) is 0 Å². The summed E-state index contributed by atoms with van der Waals surface area (Å²) in [5, 5.41) is 0. The van der Waals surface area contributed by atoms with E-state index in [0.29, 0.717) is 11.3 Å². The standard InChI is InChI=1S/C24H34N4O/c1-24(2)12-5-7-20(17-24)28-14-10-18(11-15-28)21-16-23(29)27-22(26-21)9-8-19-6-3-4-13-25-19/h3-4,6,13,16,18,20H,5,7-12,14-15,17H2,1-2H3,(H,26,27,29)/t20-/m1/s1. The first kappa shape index (κ1) is 20.3. The zero-order valence-corrected chi connectivity index (χ0v) is 17.9. The van der Waals surface area contributed by atoms with Crippen molar-refractivity contribution < 1.29 is 0 Å². The molecule has 2 aromatic heterocycles. The third kappa shape index (κ3) is 5.33. The van der Waals surface area contributed by atoms with Gasteiger partial charge in [0.15, 0.2) is 0 Å². The molecule has 156 valence electrons. The third-order valence-corrected chi connectivity index (χ3v) is 6.80. The minimum absolute atomic E-state index is 0.0255. The van der Waals surface area contributed by atoms with E-state index in [-0.39, 0.29) is 5.56 Å². The molecule has 0 amide bonds. The molecule has 1 aliphatic heterocycles. The first-order valence-electron chi connectivity index (χ1n) is 11.2. The first-order chi connectivity index (χ1) is 14.0. The topological polar surface area (TPSA) is 61.9 Å². The molecule has 0 spiro atoms. The first-order valence-corrected chi connectivity index (χ1v) is 11.2. The lowest BCUT2D eigenvalue weighted by Crippen LogP contribution is -2.45. The van der Waals surface area contributed by atoms with Crippen molar-refractivity contribution in [1.29, 1.82) is 0 Å². The maximum Gasteiger partial charge on any atom is 0.251 e. The molecule has 1 atom stereocenters. The number of aryl methyl sites for hydroxylation is 2. The van der Waals surface area contributed by atoms with Crippen molar-refractivity contribution in [2.24, 2.45) is 5.41 Å². The number of pyridine rings is 1. The number of nitrogens with zero attached hydrogens (tertiary/aromatic N) is 3. The van der Waals surface area contributed by atoms with Crippen LogP contribution in [-0.4, -0.2) is 39.0 Å². The van der Waals surface area contributed by atoms with Crippen LogP contribution in [0.15, 0.2) is 35.3 Å². The lowest BCUT2D eigenvalue weighted by atomic mass is 9.74. The van der Waals surface area contributed by atoms with E-state index in [2.05, 4.69) is 28.7 Å². The van der Waals surface area contributed by atoms with E-state index in [9.17, 15) is 4.79 Å². The van der Waals surface area contributed by atoms with Crippen molar-refractivity contribution in [3.05, 3.63) is 58.0 Å². The van der Waals surface area contributed by atoms with Gasteiger partial charge in [-0.1, -0.05) is 26.3 Å². The number of piperidine rings is 1. The SMILES string of the molecule is CC1(C)CCC[C@@H](N2CCC(c3cc(=O)[nH]c(CCc4ccccn4)n3)CC2)C1. The number of H-pyrrole nitrogens is 1. The van der Waals surface area contributed by atoms with Crippen molar-refractivity contribution in [1.82, 2.24) is 19.9 Å². The van der Waals surface area contributed by atoms with Gasteiger partial charge in [0.2, 0.25) is 0 Å². The van der Waals surface area contributed by atoms with Crippen molar-refractivity contribution in [3.63, 3.8) is 0 Å². The Bertz CT molecular complexity index is 853. The molecule has 3 heterocycles. The number of rotatable bonds is 5. The van der Waals surface area contributed by atoms with Gasteiger partial charge in [0.25, 0.3) is 5.56 Å². The zero-order chi connectivity index (χ0) is 20.3. The van der Waals surface area contributed by atoms with Gasteiger partial charge in [0.05, 0.1) is 5.69 Å². The lowest BCUT2D eigenvalue weighted by molar-refractivity contribution is 0.0740. The Morgan fingerprint density at radius 2 is 2.00 bits per heavy atom. The minimum Gasteiger partial charge on any atom is -0.311 e. The molecule has 0 unspecified atom stereocenters. The molecule has 2 aromatic rings. The summed E-state index contributed by atoms with van der Waals surface area (Å²) in [5.41, 5.74) is 2.47. The molecule has 5 heteroatoms. The van der Waals surface area contributed by atoms with Gasteiger partial charge < -0.3 is 9.88 Å². The Balaban J connectivity index is 1.37. The second-order valence-corrected chi connectivity index (χ2v) is 9.66. The molecule has 2 aliphatic rings. The molecule has 1 saturated heterocycles. The van der Waals surface area contributed by atoms with Crippen LogP contribution >= 0.6 is 0 Å².